The summed E-state index contributed by atoms with van der Waals surface area (Å²) in [5, 5.41) is 2.70. The summed E-state index contributed by atoms with van der Waals surface area (Å²) < 4.78 is 41.3. The van der Waals surface area contributed by atoms with Crippen molar-refractivity contribution in [2.75, 3.05) is 11.9 Å². The number of anilines is 1. The number of ether oxygens (including phenoxy) is 3. The molecule has 9 nitrogen and oxygen atoms in total. The summed E-state index contributed by atoms with van der Waals surface area (Å²) in [6.45, 7) is 1.29. The van der Waals surface area contributed by atoms with Gasteiger partial charge in [-0.1, -0.05) is 182 Å². The first kappa shape index (κ1) is 38.7. The van der Waals surface area contributed by atoms with Crippen molar-refractivity contribution in [1.29, 1.82) is 0 Å². The number of rotatable bonds is 13. The molecule has 1 aliphatic rings. The zero-order valence-electron chi connectivity index (χ0n) is 32.8. The number of hydrogen-bond donors (Lipinski definition) is 1. The van der Waals surface area contributed by atoms with Crippen LogP contribution in [0, 0.1) is 0 Å². The van der Waals surface area contributed by atoms with E-state index in [1.54, 1.807) is 0 Å². The normalized spacial score (nSPS) is 18.0. The lowest BCUT2D eigenvalue weighted by atomic mass is 9.79. The minimum absolute atomic E-state index is 0.0898. The summed E-state index contributed by atoms with van der Waals surface area (Å²) in [6.07, 6.45) is -2.46. The SMILES string of the molecule is CC(=O)Nc1ncnc2c1ncn2[C@@H]1O[C@H](COC(c2ccccc2)(c2ccccc2)c2ccccc2)[C@@H](OC(c2ccccc2)(c2ccccc2)c2ccccc2)[C@@H]1F. The highest BCUT2D eigenvalue weighted by molar-refractivity contribution is 5.95. The maximum absolute atomic E-state index is 18.1. The Hall–Kier alpha value is -6.85. The molecule has 1 aliphatic heterocycles. The van der Waals surface area contributed by atoms with Crippen LogP contribution in [0.1, 0.15) is 46.5 Å². The average Bonchev–Trinajstić information content (AvgIpc) is 3.88. The smallest absolute Gasteiger partial charge is 0.222 e. The standard InChI is InChI=1S/C50H42FN5O4/c1-35(57)55-46-44-47(53-33-52-46)56(34-54-44)48-43(51)45(60-50(39-26-14-5-15-27-39,40-28-16-6-17-29-40)41-30-18-7-19-31-41)42(59-48)32-58-49(36-20-8-2-9-21-36,37-22-10-3-11-23-37)38-24-12-4-13-25-38/h2-31,33-34,42-43,45,48H,32H2,1H3,(H,52,53,55,57)/t42-,43+,45-,48-/m1/s1. The van der Waals surface area contributed by atoms with Crippen molar-refractivity contribution in [3.05, 3.63) is 228 Å². The molecule has 1 amide bonds. The van der Waals surface area contributed by atoms with E-state index in [2.05, 4.69) is 20.3 Å². The van der Waals surface area contributed by atoms with Gasteiger partial charge in [0.2, 0.25) is 5.91 Å². The third kappa shape index (κ3) is 7.04. The molecule has 0 bridgehead atoms. The van der Waals surface area contributed by atoms with Gasteiger partial charge in [0.15, 0.2) is 29.4 Å². The lowest BCUT2D eigenvalue weighted by Crippen LogP contribution is -2.45. The van der Waals surface area contributed by atoms with Gasteiger partial charge in [-0.25, -0.2) is 19.3 Å². The molecule has 8 aromatic rings. The molecular formula is C50H42FN5O4. The number of aromatic nitrogens is 4. The lowest BCUT2D eigenvalue weighted by molar-refractivity contribution is -0.128. The van der Waals surface area contributed by atoms with Gasteiger partial charge in [0.05, 0.1) is 12.9 Å². The highest BCUT2D eigenvalue weighted by atomic mass is 19.1. The Kier molecular flexibility index (Phi) is 10.8. The predicted octanol–water partition coefficient (Wildman–Crippen LogP) is 9.41. The van der Waals surface area contributed by atoms with Crippen LogP contribution in [0.4, 0.5) is 10.2 Å². The number of benzene rings is 6. The molecule has 298 valence electrons. The van der Waals surface area contributed by atoms with Crippen LogP contribution in [-0.4, -0.2) is 50.4 Å². The molecule has 2 aromatic heterocycles. The molecule has 0 radical (unpaired) electrons. The first-order valence-electron chi connectivity index (χ1n) is 19.9. The molecule has 0 spiro atoms. The largest absolute Gasteiger partial charge is 0.358 e. The van der Waals surface area contributed by atoms with Crippen LogP contribution in [-0.2, 0) is 30.2 Å². The number of hydrogen-bond acceptors (Lipinski definition) is 7. The molecule has 60 heavy (non-hydrogen) atoms. The van der Waals surface area contributed by atoms with E-state index < -0.39 is 35.8 Å². The van der Waals surface area contributed by atoms with Crippen molar-refractivity contribution in [2.24, 2.45) is 0 Å². The Morgan fingerprint density at radius 1 is 0.633 bits per heavy atom. The van der Waals surface area contributed by atoms with Crippen LogP contribution in [0.2, 0.25) is 0 Å². The fraction of sp³-hybridized carbons (Fsp3) is 0.160. The highest BCUT2D eigenvalue weighted by Crippen LogP contribution is 2.47. The molecule has 1 N–H and O–H groups in total. The zero-order chi connectivity index (χ0) is 40.9. The Balaban J connectivity index is 1.21. The Morgan fingerprint density at radius 2 is 1.05 bits per heavy atom. The summed E-state index contributed by atoms with van der Waals surface area (Å²) in [4.78, 5) is 25.3. The second-order valence-corrected chi connectivity index (χ2v) is 14.7. The van der Waals surface area contributed by atoms with Crippen molar-refractivity contribution >= 4 is 22.9 Å². The van der Waals surface area contributed by atoms with Crippen molar-refractivity contribution in [1.82, 2.24) is 19.5 Å². The van der Waals surface area contributed by atoms with E-state index in [-0.39, 0.29) is 24.0 Å². The number of halogens is 1. The van der Waals surface area contributed by atoms with Gasteiger partial charge in [-0.15, -0.1) is 0 Å². The zero-order valence-corrected chi connectivity index (χ0v) is 32.8. The van der Waals surface area contributed by atoms with Crippen molar-refractivity contribution in [2.45, 2.75) is 42.7 Å². The van der Waals surface area contributed by atoms with Gasteiger partial charge in [-0.2, -0.15) is 0 Å². The maximum atomic E-state index is 18.1. The van der Waals surface area contributed by atoms with E-state index >= 15 is 4.39 Å². The minimum atomic E-state index is -1.77. The molecule has 4 atom stereocenters. The third-order valence-electron chi connectivity index (χ3n) is 11.1. The summed E-state index contributed by atoms with van der Waals surface area (Å²) in [6, 6.07) is 59.7. The van der Waals surface area contributed by atoms with Gasteiger partial charge in [-0.3, -0.25) is 9.36 Å². The van der Waals surface area contributed by atoms with Gasteiger partial charge < -0.3 is 19.5 Å². The Morgan fingerprint density at radius 3 is 1.47 bits per heavy atom. The Bertz CT molecular complexity index is 2460. The van der Waals surface area contributed by atoms with Gasteiger partial charge in [0, 0.05) is 6.92 Å². The van der Waals surface area contributed by atoms with Gasteiger partial charge >= 0.3 is 0 Å². The molecular weight excluding hydrogens is 754 g/mol. The van der Waals surface area contributed by atoms with E-state index in [1.165, 1.54) is 24.1 Å². The number of imidazole rings is 1. The number of nitrogens with zero attached hydrogens (tertiary/aromatic N) is 4. The van der Waals surface area contributed by atoms with Crippen molar-refractivity contribution in [3.8, 4) is 0 Å². The lowest BCUT2D eigenvalue weighted by Gasteiger charge is -2.40. The second-order valence-electron chi connectivity index (χ2n) is 14.7. The van der Waals surface area contributed by atoms with Gasteiger partial charge in [0.1, 0.15) is 29.7 Å². The van der Waals surface area contributed by atoms with E-state index in [0.29, 0.717) is 5.52 Å². The number of nitrogens with one attached hydrogen (secondary N) is 1. The number of carbonyl (C=O) groups is 1. The summed E-state index contributed by atoms with van der Waals surface area (Å²) in [5.41, 5.74) is 3.27. The highest BCUT2D eigenvalue weighted by Gasteiger charge is 2.53. The van der Waals surface area contributed by atoms with Crippen LogP contribution in [0.5, 0.6) is 0 Å². The van der Waals surface area contributed by atoms with Crippen LogP contribution in [0.3, 0.4) is 0 Å². The first-order chi connectivity index (χ1) is 29.5. The number of alkyl halides is 1. The van der Waals surface area contributed by atoms with Crippen LogP contribution in [0.25, 0.3) is 11.2 Å². The minimum Gasteiger partial charge on any atom is -0.358 e. The first-order valence-corrected chi connectivity index (χ1v) is 19.9. The third-order valence-corrected chi connectivity index (χ3v) is 11.1. The van der Waals surface area contributed by atoms with E-state index in [1.807, 2.05) is 182 Å². The van der Waals surface area contributed by atoms with Gasteiger partial charge in [-0.05, 0) is 33.4 Å². The van der Waals surface area contributed by atoms with Crippen molar-refractivity contribution < 1.29 is 23.4 Å². The van der Waals surface area contributed by atoms with Gasteiger partial charge in [0.25, 0.3) is 0 Å². The fourth-order valence-electron chi connectivity index (χ4n) is 8.39. The molecule has 0 unspecified atom stereocenters. The Labute approximate surface area is 347 Å². The molecule has 3 heterocycles. The molecule has 1 fully saturated rings. The quantitative estimate of drug-likeness (QED) is 0.116. The summed E-state index contributed by atoms with van der Waals surface area (Å²) in [7, 11) is 0. The molecule has 9 rings (SSSR count). The average molecular weight is 796 g/mol. The summed E-state index contributed by atoms with van der Waals surface area (Å²) in [5.74, 6) is -0.115. The fourth-order valence-corrected chi connectivity index (χ4v) is 8.39. The van der Waals surface area contributed by atoms with Crippen LogP contribution in [0.15, 0.2) is 195 Å². The molecule has 0 aliphatic carbocycles. The molecule has 6 aromatic carbocycles. The number of amides is 1. The van der Waals surface area contributed by atoms with Crippen molar-refractivity contribution in [3.63, 3.8) is 0 Å². The molecule has 0 saturated carbocycles. The monoisotopic (exact) mass is 795 g/mol. The topological polar surface area (TPSA) is 100 Å². The summed E-state index contributed by atoms with van der Waals surface area (Å²) >= 11 is 0. The maximum Gasteiger partial charge on any atom is 0.222 e. The van der Waals surface area contributed by atoms with E-state index in [4.69, 9.17) is 14.2 Å². The molecule has 1 saturated heterocycles. The predicted molar refractivity (Wildman–Crippen MR) is 228 cm³/mol. The van der Waals surface area contributed by atoms with E-state index in [0.717, 1.165) is 33.4 Å². The number of carbonyl (C=O) groups excluding carboxylic acids is 1. The number of fused-ring (bicyclic) bond motifs is 1. The van der Waals surface area contributed by atoms with Crippen LogP contribution >= 0.6 is 0 Å². The second kappa shape index (κ2) is 16.8. The van der Waals surface area contributed by atoms with Crippen LogP contribution < -0.4 is 5.32 Å². The van der Waals surface area contributed by atoms with E-state index in [9.17, 15) is 4.79 Å². The molecule has 10 heteroatoms.